The third-order valence-electron chi connectivity index (χ3n) is 3.63. The average molecular weight is 269 g/mol. The minimum atomic E-state index is 0.00225. The molecule has 1 atom stereocenters. The molecule has 0 radical (unpaired) electrons. The fourth-order valence-corrected chi connectivity index (χ4v) is 2.79. The van der Waals surface area contributed by atoms with E-state index in [4.69, 9.17) is 16.3 Å². The van der Waals surface area contributed by atoms with E-state index in [1.165, 1.54) is 32.1 Å². The Hall–Kier alpha value is -0.640. The number of pyridine rings is 1. The van der Waals surface area contributed by atoms with Crippen molar-refractivity contribution in [2.45, 2.75) is 44.2 Å². The van der Waals surface area contributed by atoms with Crippen molar-refractivity contribution in [1.82, 2.24) is 10.3 Å². The van der Waals surface area contributed by atoms with Gasteiger partial charge in [-0.1, -0.05) is 30.9 Å². The van der Waals surface area contributed by atoms with E-state index in [-0.39, 0.29) is 6.10 Å². The Kier molecular flexibility index (Phi) is 5.42. The van der Waals surface area contributed by atoms with Crippen LogP contribution in [-0.4, -0.2) is 24.7 Å². The normalized spacial score (nSPS) is 18.8. The summed E-state index contributed by atoms with van der Waals surface area (Å²) in [5.41, 5.74) is 1.01. The number of nitrogens with one attached hydrogen (secondary N) is 1. The molecule has 0 aliphatic heterocycles. The van der Waals surface area contributed by atoms with Crippen molar-refractivity contribution in [2.75, 3.05) is 13.7 Å². The number of methoxy groups -OCH3 is 1. The number of halogens is 1. The van der Waals surface area contributed by atoms with Gasteiger partial charge in [0.2, 0.25) is 0 Å². The standard InChI is InChI=1S/C14H21ClN2O/c1-18-14(12-7-8-16-9-13(12)15)10-17-11-5-3-2-4-6-11/h7-9,11,14,17H,2-6,10H2,1H3. The Morgan fingerprint density at radius 3 is 2.89 bits per heavy atom. The fraction of sp³-hybridized carbons (Fsp3) is 0.643. The smallest absolute Gasteiger partial charge is 0.0960 e. The first-order valence-electron chi connectivity index (χ1n) is 6.67. The van der Waals surface area contributed by atoms with Crippen LogP contribution in [0.1, 0.15) is 43.8 Å². The molecular weight excluding hydrogens is 248 g/mol. The van der Waals surface area contributed by atoms with Gasteiger partial charge >= 0.3 is 0 Å². The molecule has 1 N–H and O–H groups in total. The van der Waals surface area contributed by atoms with Crippen molar-refractivity contribution in [3.05, 3.63) is 29.0 Å². The molecule has 1 aromatic rings. The van der Waals surface area contributed by atoms with Gasteiger partial charge in [-0.25, -0.2) is 0 Å². The van der Waals surface area contributed by atoms with Crippen LogP contribution >= 0.6 is 11.6 Å². The van der Waals surface area contributed by atoms with E-state index in [9.17, 15) is 0 Å². The lowest BCUT2D eigenvalue weighted by molar-refractivity contribution is 0.0976. The predicted molar refractivity (Wildman–Crippen MR) is 73.9 cm³/mol. The van der Waals surface area contributed by atoms with Crippen LogP contribution in [0.2, 0.25) is 5.02 Å². The second-order valence-corrected chi connectivity index (χ2v) is 5.27. The van der Waals surface area contributed by atoms with Gasteiger partial charge in [0, 0.05) is 37.7 Å². The summed E-state index contributed by atoms with van der Waals surface area (Å²) < 4.78 is 5.53. The Balaban J connectivity index is 1.91. The highest BCUT2D eigenvalue weighted by Crippen LogP contribution is 2.24. The molecule has 0 aromatic carbocycles. The number of hydrogen-bond acceptors (Lipinski definition) is 3. The highest BCUT2D eigenvalue weighted by atomic mass is 35.5. The predicted octanol–water partition coefficient (Wildman–Crippen LogP) is 3.34. The summed E-state index contributed by atoms with van der Waals surface area (Å²) in [7, 11) is 1.73. The van der Waals surface area contributed by atoms with Crippen molar-refractivity contribution in [2.24, 2.45) is 0 Å². The lowest BCUT2D eigenvalue weighted by atomic mass is 9.95. The van der Waals surface area contributed by atoms with Gasteiger partial charge < -0.3 is 10.1 Å². The Bertz CT molecular complexity index is 367. The van der Waals surface area contributed by atoms with Crippen molar-refractivity contribution in [1.29, 1.82) is 0 Å². The van der Waals surface area contributed by atoms with Gasteiger partial charge in [0.15, 0.2) is 0 Å². The maximum absolute atomic E-state index is 6.15. The summed E-state index contributed by atoms with van der Waals surface area (Å²) in [4.78, 5) is 4.00. The molecule has 1 aliphatic rings. The van der Waals surface area contributed by atoms with Gasteiger partial charge in [-0.2, -0.15) is 0 Å². The molecule has 1 saturated carbocycles. The maximum atomic E-state index is 6.15. The van der Waals surface area contributed by atoms with Crippen molar-refractivity contribution in [3.8, 4) is 0 Å². The number of aromatic nitrogens is 1. The second kappa shape index (κ2) is 7.07. The first-order chi connectivity index (χ1) is 8.81. The highest BCUT2D eigenvalue weighted by molar-refractivity contribution is 6.31. The lowest BCUT2D eigenvalue weighted by Gasteiger charge is -2.25. The lowest BCUT2D eigenvalue weighted by Crippen LogP contribution is -2.34. The van der Waals surface area contributed by atoms with Gasteiger partial charge in [-0.3, -0.25) is 4.98 Å². The molecular formula is C14H21ClN2O. The zero-order valence-corrected chi connectivity index (χ0v) is 11.6. The largest absolute Gasteiger partial charge is 0.375 e. The third-order valence-corrected chi connectivity index (χ3v) is 3.95. The van der Waals surface area contributed by atoms with E-state index in [0.717, 1.165) is 12.1 Å². The summed E-state index contributed by atoms with van der Waals surface area (Å²) in [5, 5.41) is 4.27. The van der Waals surface area contributed by atoms with Gasteiger partial charge in [0.25, 0.3) is 0 Å². The van der Waals surface area contributed by atoms with E-state index in [2.05, 4.69) is 10.3 Å². The van der Waals surface area contributed by atoms with E-state index in [1.54, 1.807) is 19.5 Å². The van der Waals surface area contributed by atoms with Crippen molar-refractivity contribution in [3.63, 3.8) is 0 Å². The SMILES string of the molecule is COC(CNC1CCCCC1)c1ccncc1Cl. The molecule has 1 heterocycles. The number of nitrogens with zero attached hydrogens (tertiary/aromatic N) is 1. The molecule has 0 saturated heterocycles. The summed E-state index contributed by atoms with van der Waals surface area (Å²) in [6, 6.07) is 2.57. The van der Waals surface area contributed by atoms with Gasteiger partial charge in [0.1, 0.15) is 0 Å². The molecule has 0 spiro atoms. The van der Waals surface area contributed by atoms with Crippen LogP contribution in [-0.2, 0) is 4.74 Å². The van der Waals surface area contributed by atoms with Crippen LogP contribution in [0, 0.1) is 0 Å². The number of hydrogen-bond donors (Lipinski definition) is 1. The summed E-state index contributed by atoms with van der Waals surface area (Å²) in [5.74, 6) is 0. The highest BCUT2D eigenvalue weighted by Gasteiger charge is 2.17. The molecule has 2 rings (SSSR count). The topological polar surface area (TPSA) is 34.1 Å². The first kappa shape index (κ1) is 13.8. The van der Waals surface area contributed by atoms with Crippen LogP contribution < -0.4 is 5.32 Å². The molecule has 0 bridgehead atoms. The average Bonchev–Trinajstić information content (AvgIpc) is 2.42. The number of rotatable bonds is 5. The first-order valence-corrected chi connectivity index (χ1v) is 7.04. The fourth-order valence-electron chi connectivity index (χ4n) is 2.55. The van der Waals surface area contributed by atoms with Gasteiger partial charge in [0.05, 0.1) is 11.1 Å². The monoisotopic (exact) mass is 268 g/mol. The number of ether oxygens (including phenoxy) is 1. The third kappa shape index (κ3) is 3.67. The Morgan fingerprint density at radius 2 is 2.22 bits per heavy atom. The van der Waals surface area contributed by atoms with Crippen molar-refractivity contribution >= 4 is 11.6 Å². The quantitative estimate of drug-likeness (QED) is 0.889. The molecule has 4 heteroatoms. The van der Waals surface area contributed by atoms with E-state index in [1.807, 2.05) is 6.07 Å². The summed E-state index contributed by atoms with van der Waals surface area (Å²) in [6.45, 7) is 0.810. The molecule has 1 unspecified atom stereocenters. The molecule has 3 nitrogen and oxygen atoms in total. The molecule has 1 aliphatic carbocycles. The minimum Gasteiger partial charge on any atom is -0.375 e. The van der Waals surface area contributed by atoms with Crippen LogP contribution in [0.3, 0.4) is 0 Å². The van der Waals surface area contributed by atoms with Crippen LogP contribution in [0.25, 0.3) is 0 Å². The zero-order valence-electron chi connectivity index (χ0n) is 10.9. The van der Waals surface area contributed by atoms with E-state index in [0.29, 0.717) is 11.1 Å². The minimum absolute atomic E-state index is 0.00225. The Morgan fingerprint density at radius 1 is 1.44 bits per heavy atom. The summed E-state index contributed by atoms with van der Waals surface area (Å²) in [6.07, 6.45) is 10.0. The van der Waals surface area contributed by atoms with Crippen LogP contribution in [0.15, 0.2) is 18.5 Å². The Labute approximate surface area is 114 Å². The zero-order chi connectivity index (χ0) is 12.8. The van der Waals surface area contributed by atoms with E-state index < -0.39 is 0 Å². The summed E-state index contributed by atoms with van der Waals surface area (Å²) >= 11 is 6.15. The van der Waals surface area contributed by atoms with Gasteiger partial charge in [-0.05, 0) is 18.9 Å². The van der Waals surface area contributed by atoms with Crippen LogP contribution in [0.4, 0.5) is 0 Å². The van der Waals surface area contributed by atoms with Gasteiger partial charge in [-0.15, -0.1) is 0 Å². The van der Waals surface area contributed by atoms with Crippen molar-refractivity contribution < 1.29 is 4.74 Å². The molecule has 100 valence electrons. The molecule has 1 fully saturated rings. The molecule has 0 amide bonds. The maximum Gasteiger partial charge on any atom is 0.0960 e. The second-order valence-electron chi connectivity index (χ2n) is 4.86. The van der Waals surface area contributed by atoms with E-state index >= 15 is 0 Å². The molecule has 18 heavy (non-hydrogen) atoms. The molecule has 1 aromatic heterocycles. The van der Waals surface area contributed by atoms with Crippen LogP contribution in [0.5, 0.6) is 0 Å².